The van der Waals surface area contributed by atoms with Gasteiger partial charge in [0.2, 0.25) is 5.95 Å². The Balaban J connectivity index is 2.03. The van der Waals surface area contributed by atoms with Crippen LogP contribution in [0.2, 0.25) is 0 Å². The Hall–Kier alpha value is -2.89. The van der Waals surface area contributed by atoms with Crippen LogP contribution in [0.1, 0.15) is 45.1 Å². The number of imidazole rings is 1. The Bertz CT molecular complexity index is 1000. The molecule has 0 fully saturated rings. The van der Waals surface area contributed by atoms with E-state index in [0.717, 1.165) is 52.8 Å². The highest BCUT2D eigenvalue weighted by Crippen LogP contribution is 2.36. The molecule has 1 aromatic heterocycles. The van der Waals surface area contributed by atoms with Gasteiger partial charge in [-0.2, -0.15) is 0 Å². The first-order valence-corrected chi connectivity index (χ1v) is 11.2. The average Bonchev–Trinajstić information content (AvgIpc) is 3.10. The van der Waals surface area contributed by atoms with E-state index in [1.165, 1.54) is 31.4 Å². The van der Waals surface area contributed by atoms with Gasteiger partial charge in [0.05, 0.1) is 36.6 Å². The summed E-state index contributed by atoms with van der Waals surface area (Å²) in [4.78, 5) is 7.42. The predicted molar refractivity (Wildman–Crippen MR) is 130 cm³/mol. The van der Waals surface area contributed by atoms with Gasteiger partial charge in [-0.25, -0.2) is 4.98 Å². The van der Waals surface area contributed by atoms with Gasteiger partial charge in [-0.1, -0.05) is 32.8 Å². The van der Waals surface area contributed by atoms with Crippen molar-refractivity contribution in [2.24, 2.45) is 7.05 Å². The van der Waals surface area contributed by atoms with Crippen molar-refractivity contribution >= 4 is 28.4 Å². The molecule has 0 bridgehead atoms. The fourth-order valence-electron chi connectivity index (χ4n) is 3.94. The van der Waals surface area contributed by atoms with Crippen LogP contribution in [0, 0.1) is 6.92 Å². The van der Waals surface area contributed by atoms with Gasteiger partial charge in [0.15, 0.2) is 0 Å². The number of aryl methyl sites for hydroxylation is 2. The highest BCUT2D eigenvalue weighted by atomic mass is 16.5. The van der Waals surface area contributed by atoms with E-state index in [1.807, 2.05) is 19.1 Å². The molecule has 0 atom stereocenters. The quantitative estimate of drug-likeness (QED) is 0.406. The molecule has 0 saturated heterocycles. The first-order chi connectivity index (χ1) is 15.0. The van der Waals surface area contributed by atoms with Crippen LogP contribution in [0.4, 0.5) is 17.3 Å². The summed E-state index contributed by atoms with van der Waals surface area (Å²) in [5.74, 6) is 2.30. The molecule has 0 aliphatic heterocycles. The molecule has 6 heteroatoms. The van der Waals surface area contributed by atoms with Gasteiger partial charge in [-0.3, -0.25) is 0 Å². The van der Waals surface area contributed by atoms with Crippen molar-refractivity contribution in [1.29, 1.82) is 0 Å². The van der Waals surface area contributed by atoms with Crippen LogP contribution >= 0.6 is 0 Å². The maximum Gasteiger partial charge on any atom is 0.208 e. The van der Waals surface area contributed by atoms with Crippen LogP contribution in [0.5, 0.6) is 11.5 Å². The Labute approximate surface area is 186 Å². The van der Waals surface area contributed by atoms with E-state index >= 15 is 0 Å². The van der Waals surface area contributed by atoms with Gasteiger partial charge in [-0.05, 0) is 43.5 Å². The second-order valence-corrected chi connectivity index (χ2v) is 7.98. The van der Waals surface area contributed by atoms with Crippen molar-refractivity contribution < 1.29 is 9.47 Å². The first-order valence-electron chi connectivity index (χ1n) is 11.2. The summed E-state index contributed by atoms with van der Waals surface area (Å²) in [6.45, 7) is 8.66. The van der Waals surface area contributed by atoms with E-state index < -0.39 is 0 Å². The number of anilines is 3. The topological polar surface area (TPSA) is 51.6 Å². The molecule has 0 unspecified atom stereocenters. The third kappa shape index (κ3) is 4.89. The summed E-state index contributed by atoms with van der Waals surface area (Å²) in [5, 5.41) is 3.51. The summed E-state index contributed by atoms with van der Waals surface area (Å²) in [5.41, 5.74) is 5.34. The Kier molecular flexibility index (Phi) is 7.66. The number of nitrogens with one attached hydrogen (secondary N) is 1. The third-order valence-electron chi connectivity index (χ3n) is 5.74. The monoisotopic (exact) mass is 424 g/mol. The highest BCUT2D eigenvalue weighted by molar-refractivity contribution is 5.92. The number of methoxy groups -OCH3 is 2. The van der Waals surface area contributed by atoms with Gasteiger partial charge in [0.1, 0.15) is 11.5 Å². The van der Waals surface area contributed by atoms with Gasteiger partial charge < -0.3 is 24.3 Å². The number of fused-ring (bicyclic) bond motifs is 1. The lowest BCUT2D eigenvalue weighted by Gasteiger charge is -2.25. The van der Waals surface area contributed by atoms with Gasteiger partial charge in [0, 0.05) is 26.2 Å². The largest absolute Gasteiger partial charge is 0.497 e. The van der Waals surface area contributed by atoms with Crippen molar-refractivity contribution in [2.75, 3.05) is 37.5 Å². The van der Waals surface area contributed by atoms with Crippen LogP contribution in [0.3, 0.4) is 0 Å². The van der Waals surface area contributed by atoms with Gasteiger partial charge in [0.25, 0.3) is 0 Å². The molecule has 0 aliphatic carbocycles. The van der Waals surface area contributed by atoms with Crippen molar-refractivity contribution in [3.63, 3.8) is 0 Å². The number of nitrogens with zero attached hydrogens (tertiary/aromatic N) is 3. The molecular weight excluding hydrogens is 388 g/mol. The minimum absolute atomic E-state index is 0.733. The molecule has 3 rings (SSSR count). The Morgan fingerprint density at radius 2 is 1.74 bits per heavy atom. The average molecular weight is 425 g/mol. The maximum absolute atomic E-state index is 5.62. The zero-order chi connectivity index (χ0) is 22.4. The first kappa shape index (κ1) is 22.8. The molecule has 0 radical (unpaired) electrons. The fraction of sp³-hybridized carbons (Fsp3) is 0.480. The molecule has 0 saturated carbocycles. The van der Waals surface area contributed by atoms with E-state index in [9.17, 15) is 0 Å². The summed E-state index contributed by atoms with van der Waals surface area (Å²) in [7, 11) is 5.41. The molecular formula is C25H36N4O2. The van der Waals surface area contributed by atoms with Crippen molar-refractivity contribution in [2.45, 2.75) is 46.5 Å². The SMILES string of the molecule is CCCCN(CCCC)c1cccc2nc(Nc3c(C)cc(OC)cc3OC)n(C)c12. The highest BCUT2D eigenvalue weighted by Gasteiger charge is 2.18. The van der Waals surface area contributed by atoms with E-state index in [0.29, 0.717) is 0 Å². The van der Waals surface area contributed by atoms with Crippen molar-refractivity contribution in [3.8, 4) is 11.5 Å². The second-order valence-electron chi connectivity index (χ2n) is 7.98. The fourth-order valence-corrected chi connectivity index (χ4v) is 3.94. The van der Waals surface area contributed by atoms with Crippen LogP contribution in [0.25, 0.3) is 11.0 Å². The predicted octanol–water partition coefficient (Wildman–Crippen LogP) is 6.05. The standard InChI is InChI=1S/C25H36N4O2/c1-7-9-14-29(15-10-8-2)21-13-11-12-20-24(21)28(4)25(26-20)27-23-18(3)16-19(30-5)17-22(23)31-6/h11-13,16-17H,7-10,14-15H2,1-6H3,(H,26,27). The number of aromatic nitrogens is 2. The molecule has 0 amide bonds. The van der Waals surface area contributed by atoms with Gasteiger partial charge >= 0.3 is 0 Å². The van der Waals surface area contributed by atoms with Crippen LogP contribution in [-0.4, -0.2) is 36.9 Å². The molecule has 1 N–H and O–H groups in total. The van der Waals surface area contributed by atoms with Gasteiger partial charge in [-0.15, -0.1) is 0 Å². The molecule has 0 aliphatic rings. The molecule has 6 nitrogen and oxygen atoms in total. The summed E-state index contributed by atoms with van der Waals surface area (Å²) in [6, 6.07) is 10.3. The molecule has 1 heterocycles. The molecule has 0 spiro atoms. The molecule has 2 aromatic carbocycles. The lowest BCUT2D eigenvalue weighted by Crippen LogP contribution is -2.26. The smallest absolute Gasteiger partial charge is 0.208 e. The second kappa shape index (κ2) is 10.4. The minimum Gasteiger partial charge on any atom is -0.497 e. The number of hydrogen-bond acceptors (Lipinski definition) is 5. The number of ether oxygens (including phenoxy) is 2. The maximum atomic E-state index is 5.62. The van der Waals surface area contributed by atoms with Crippen LogP contribution in [0.15, 0.2) is 30.3 Å². The lowest BCUT2D eigenvalue weighted by atomic mass is 10.1. The molecule has 31 heavy (non-hydrogen) atoms. The summed E-state index contributed by atoms with van der Waals surface area (Å²) in [6.07, 6.45) is 4.75. The minimum atomic E-state index is 0.733. The van der Waals surface area contributed by atoms with Crippen LogP contribution in [-0.2, 0) is 7.05 Å². The van der Waals surface area contributed by atoms with E-state index in [2.05, 4.69) is 53.9 Å². The zero-order valence-corrected chi connectivity index (χ0v) is 19.8. The van der Waals surface area contributed by atoms with Crippen molar-refractivity contribution in [1.82, 2.24) is 9.55 Å². The summed E-state index contributed by atoms with van der Waals surface area (Å²) < 4.78 is 13.2. The zero-order valence-electron chi connectivity index (χ0n) is 19.8. The summed E-state index contributed by atoms with van der Waals surface area (Å²) >= 11 is 0. The molecule has 3 aromatic rings. The van der Waals surface area contributed by atoms with E-state index in [4.69, 9.17) is 14.5 Å². The number of unbranched alkanes of at least 4 members (excludes halogenated alkanes) is 2. The Morgan fingerprint density at radius 1 is 1.03 bits per heavy atom. The number of benzene rings is 2. The number of rotatable bonds is 11. The van der Waals surface area contributed by atoms with E-state index in [1.54, 1.807) is 14.2 Å². The lowest BCUT2D eigenvalue weighted by molar-refractivity contribution is 0.395. The van der Waals surface area contributed by atoms with Crippen molar-refractivity contribution in [3.05, 3.63) is 35.9 Å². The number of para-hydroxylation sites is 1. The normalized spacial score (nSPS) is 11.0. The number of hydrogen-bond donors (Lipinski definition) is 1. The van der Waals surface area contributed by atoms with Crippen LogP contribution < -0.4 is 19.7 Å². The third-order valence-corrected chi connectivity index (χ3v) is 5.74. The van der Waals surface area contributed by atoms with E-state index in [-0.39, 0.29) is 0 Å². The Morgan fingerprint density at radius 3 is 2.35 bits per heavy atom. The molecule has 168 valence electrons.